The highest BCUT2D eigenvalue weighted by atomic mass is 16.2. The Morgan fingerprint density at radius 2 is 2.00 bits per heavy atom. The zero-order valence-electron chi connectivity index (χ0n) is 12.0. The average Bonchev–Trinajstić information content (AvgIpc) is 2.80. The van der Waals surface area contributed by atoms with Gasteiger partial charge in [-0.3, -0.25) is 19.7 Å². The van der Waals surface area contributed by atoms with Gasteiger partial charge in [0, 0.05) is 52.7 Å². The molecule has 2 heterocycles. The van der Waals surface area contributed by atoms with Crippen molar-refractivity contribution in [3.05, 3.63) is 29.8 Å². The van der Waals surface area contributed by atoms with Gasteiger partial charge in [-0.15, -0.1) is 0 Å². The predicted octanol–water partition coefficient (Wildman–Crippen LogP) is 0.675. The second-order valence-corrected chi connectivity index (χ2v) is 5.49. The number of nitrogens with one attached hydrogen (secondary N) is 1. The quantitative estimate of drug-likeness (QED) is 0.879. The van der Waals surface area contributed by atoms with Crippen LogP contribution in [0.25, 0.3) is 0 Å². The summed E-state index contributed by atoms with van der Waals surface area (Å²) in [5.41, 5.74) is 2.43. The van der Waals surface area contributed by atoms with Gasteiger partial charge in [0.05, 0.1) is 5.69 Å². The fraction of sp³-hybridized carbons (Fsp3) is 0.533. The molecule has 3 rings (SSSR count). The maximum absolute atomic E-state index is 11.6. The summed E-state index contributed by atoms with van der Waals surface area (Å²) < 4.78 is 0. The fourth-order valence-corrected chi connectivity index (χ4v) is 2.89. The molecule has 0 aliphatic carbocycles. The van der Waals surface area contributed by atoms with E-state index in [0.717, 1.165) is 45.0 Å². The van der Waals surface area contributed by atoms with Crippen LogP contribution in [-0.4, -0.2) is 55.6 Å². The Labute approximate surface area is 120 Å². The highest BCUT2D eigenvalue weighted by molar-refractivity contribution is 5.81. The summed E-state index contributed by atoms with van der Waals surface area (Å²) in [6, 6.07) is 8.54. The molecule has 2 aliphatic rings. The van der Waals surface area contributed by atoms with Gasteiger partial charge in [0.2, 0.25) is 5.91 Å². The van der Waals surface area contributed by atoms with Crippen LogP contribution in [0.5, 0.6) is 0 Å². The van der Waals surface area contributed by atoms with E-state index in [1.165, 1.54) is 5.56 Å². The SMILES string of the molecule is CN1C(=O)CCN1c1cccc(CN2CCNCC2)c1. The van der Waals surface area contributed by atoms with E-state index in [0.29, 0.717) is 6.42 Å². The lowest BCUT2D eigenvalue weighted by atomic mass is 10.1. The highest BCUT2D eigenvalue weighted by Crippen LogP contribution is 2.22. The zero-order chi connectivity index (χ0) is 13.9. The van der Waals surface area contributed by atoms with E-state index in [1.54, 1.807) is 5.01 Å². The summed E-state index contributed by atoms with van der Waals surface area (Å²) in [7, 11) is 1.85. The molecule has 0 saturated carbocycles. The molecular formula is C15H22N4O. The molecule has 2 fully saturated rings. The zero-order valence-corrected chi connectivity index (χ0v) is 12.0. The Kier molecular flexibility index (Phi) is 3.89. The topological polar surface area (TPSA) is 38.8 Å². The van der Waals surface area contributed by atoms with Gasteiger partial charge in [-0.2, -0.15) is 0 Å². The van der Waals surface area contributed by atoms with Gasteiger partial charge in [-0.05, 0) is 17.7 Å². The van der Waals surface area contributed by atoms with E-state index >= 15 is 0 Å². The lowest BCUT2D eigenvalue weighted by Crippen LogP contribution is -2.42. The van der Waals surface area contributed by atoms with Crippen molar-refractivity contribution in [3.8, 4) is 0 Å². The summed E-state index contributed by atoms with van der Waals surface area (Å²) in [5.74, 6) is 0.192. The van der Waals surface area contributed by atoms with Gasteiger partial charge >= 0.3 is 0 Å². The van der Waals surface area contributed by atoms with Gasteiger partial charge in [0.25, 0.3) is 0 Å². The van der Waals surface area contributed by atoms with Crippen molar-refractivity contribution in [2.75, 3.05) is 44.8 Å². The van der Waals surface area contributed by atoms with Crippen LogP contribution in [0.1, 0.15) is 12.0 Å². The second kappa shape index (κ2) is 5.81. The first-order chi connectivity index (χ1) is 9.74. The second-order valence-electron chi connectivity index (χ2n) is 5.49. The van der Waals surface area contributed by atoms with Crippen molar-refractivity contribution >= 4 is 11.6 Å². The number of carbonyl (C=O) groups is 1. The molecule has 0 atom stereocenters. The van der Waals surface area contributed by atoms with Crippen molar-refractivity contribution in [2.24, 2.45) is 0 Å². The predicted molar refractivity (Wildman–Crippen MR) is 79.3 cm³/mol. The van der Waals surface area contributed by atoms with Gasteiger partial charge in [0.1, 0.15) is 0 Å². The standard InChI is InChI=1S/C15H22N4O/c1-17-15(20)5-8-19(17)14-4-2-3-13(11-14)12-18-9-6-16-7-10-18/h2-4,11,16H,5-10,12H2,1H3. The first kappa shape index (κ1) is 13.4. The summed E-state index contributed by atoms with van der Waals surface area (Å²) in [4.78, 5) is 14.1. The van der Waals surface area contributed by atoms with Crippen LogP contribution in [0.2, 0.25) is 0 Å². The number of rotatable bonds is 3. The third-order valence-corrected chi connectivity index (χ3v) is 4.08. The first-order valence-electron chi connectivity index (χ1n) is 7.30. The molecule has 2 aliphatic heterocycles. The third-order valence-electron chi connectivity index (χ3n) is 4.08. The summed E-state index contributed by atoms with van der Waals surface area (Å²) in [6.07, 6.45) is 0.610. The molecule has 0 spiro atoms. The van der Waals surface area contributed by atoms with E-state index in [-0.39, 0.29) is 5.91 Å². The van der Waals surface area contributed by atoms with Crippen molar-refractivity contribution in [1.29, 1.82) is 0 Å². The molecule has 0 unspecified atom stereocenters. The molecule has 1 aromatic rings. The van der Waals surface area contributed by atoms with Crippen LogP contribution in [0, 0.1) is 0 Å². The number of piperazine rings is 1. The van der Waals surface area contributed by atoms with Gasteiger partial charge in [-0.1, -0.05) is 12.1 Å². The molecule has 1 amide bonds. The molecule has 0 bridgehead atoms. The van der Waals surface area contributed by atoms with Crippen LogP contribution in [0.3, 0.4) is 0 Å². The Balaban J connectivity index is 1.71. The largest absolute Gasteiger partial charge is 0.314 e. The van der Waals surface area contributed by atoms with Crippen LogP contribution in [-0.2, 0) is 11.3 Å². The van der Waals surface area contributed by atoms with Gasteiger partial charge in [-0.25, -0.2) is 0 Å². The van der Waals surface area contributed by atoms with Crippen LogP contribution in [0.4, 0.5) is 5.69 Å². The monoisotopic (exact) mass is 274 g/mol. The van der Waals surface area contributed by atoms with Gasteiger partial charge in [0.15, 0.2) is 0 Å². The molecule has 5 nitrogen and oxygen atoms in total. The summed E-state index contributed by atoms with van der Waals surface area (Å²) >= 11 is 0. The minimum Gasteiger partial charge on any atom is -0.314 e. The third kappa shape index (κ3) is 2.78. The van der Waals surface area contributed by atoms with E-state index < -0.39 is 0 Å². The van der Waals surface area contributed by atoms with Crippen LogP contribution in [0.15, 0.2) is 24.3 Å². The molecule has 1 aromatic carbocycles. The Morgan fingerprint density at radius 3 is 2.70 bits per heavy atom. The molecule has 2 saturated heterocycles. The minimum absolute atomic E-state index is 0.192. The van der Waals surface area contributed by atoms with Crippen molar-refractivity contribution < 1.29 is 4.79 Å². The van der Waals surface area contributed by atoms with E-state index in [2.05, 4.69) is 39.5 Å². The molecular weight excluding hydrogens is 252 g/mol. The molecule has 0 radical (unpaired) electrons. The maximum Gasteiger partial charge on any atom is 0.242 e. The number of nitrogens with zero attached hydrogens (tertiary/aromatic N) is 3. The average molecular weight is 274 g/mol. The summed E-state index contributed by atoms with van der Waals surface area (Å²) in [5, 5.41) is 7.16. The first-order valence-corrected chi connectivity index (χ1v) is 7.30. The Bertz CT molecular complexity index is 485. The highest BCUT2D eigenvalue weighted by Gasteiger charge is 2.25. The van der Waals surface area contributed by atoms with Crippen molar-refractivity contribution in [2.45, 2.75) is 13.0 Å². The Morgan fingerprint density at radius 1 is 1.20 bits per heavy atom. The molecule has 1 N–H and O–H groups in total. The molecule has 5 heteroatoms. The Hall–Kier alpha value is -1.59. The minimum atomic E-state index is 0.192. The number of carbonyl (C=O) groups excluding carboxylic acids is 1. The van der Waals surface area contributed by atoms with Crippen molar-refractivity contribution in [1.82, 2.24) is 15.2 Å². The molecule has 0 aromatic heterocycles. The number of benzene rings is 1. The van der Waals surface area contributed by atoms with Crippen molar-refractivity contribution in [3.63, 3.8) is 0 Å². The van der Waals surface area contributed by atoms with E-state index in [4.69, 9.17) is 0 Å². The molecule has 108 valence electrons. The van der Waals surface area contributed by atoms with Gasteiger partial charge < -0.3 is 5.32 Å². The normalized spacial score (nSPS) is 20.8. The lowest BCUT2D eigenvalue weighted by Gasteiger charge is -2.29. The number of anilines is 1. The van der Waals surface area contributed by atoms with E-state index in [1.807, 2.05) is 7.05 Å². The number of amides is 1. The fourth-order valence-electron chi connectivity index (χ4n) is 2.89. The summed E-state index contributed by atoms with van der Waals surface area (Å²) in [6.45, 7) is 6.12. The van der Waals surface area contributed by atoms with Crippen LogP contribution >= 0.6 is 0 Å². The number of hydrogen-bond donors (Lipinski definition) is 1. The number of hydrazine groups is 1. The number of hydrogen-bond acceptors (Lipinski definition) is 4. The lowest BCUT2D eigenvalue weighted by molar-refractivity contribution is -0.126. The molecule has 20 heavy (non-hydrogen) atoms. The van der Waals surface area contributed by atoms with Crippen LogP contribution < -0.4 is 10.3 Å². The smallest absolute Gasteiger partial charge is 0.242 e. The maximum atomic E-state index is 11.6. The van der Waals surface area contributed by atoms with E-state index in [9.17, 15) is 4.79 Å².